The first kappa shape index (κ1) is 25.0. The molecule has 1 aliphatic rings. The minimum Gasteiger partial charge on any atom is -0.350 e. The highest BCUT2D eigenvalue weighted by Gasteiger charge is 2.33. The number of para-hydroxylation sites is 1. The van der Waals surface area contributed by atoms with Crippen molar-refractivity contribution in [3.63, 3.8) is 0 Å². The highest BCUT2D eigenvalue weighted by Crippen LogP contribution is 2.21. The van der Waals surface area contributed by atoms with Crippen LogP contribution in [-0.2, 0) is 9.59 Å². The summed E-state index contributed by atoms with van der Waals surface area (Å²) in [7, 11) is 0. The zero-order valence-corrected chi connectivity index (χ0v) is 19.9. The van der Waals surface area contributed by atoms with E-state index in [2.05, 4.69) is 22.9 Å². The van der Waals surface area contributed by atoms with Crippen LogP contribution < -0.4 is 16.0 Å². The summed E-state index contributed by atoms with van der Waals surface area (Å²) in [5, 5.41) is 8.44. The van der Waals surface area contributed by atoms with Gasteiger partial charge in [0.1, 0.15) is 0 Å². The van der Waals surface area contributed by atoms with Crippen molar-refractivity contribution in [3.8, 4) is 0 Å². The van der Waals surface area contributed by atoms with Crippen LogP contribution in [0.3, 0.4) is 0 Å². The van der Waals surface area contributed by atoms with Crippen molar-refractivity contribution >= 4 is 35.0 Å². The minimum absolute atomic E-state index is 0.0166. The summed E-state index contributed by atoms with van der Waals surface area (Å²) in [5.74, 6) is -1.18. The van der Waals surface area contributed by atoms with Crippen molar-refractivity contribution in [3.05, 3.63) is 59.7 Å². The monoisotopic (exact) mass is 464 g/mol. The largest absolute Gasteiger partial charge is 0.350 e. The number of likely N-dealkylation sites (tertiary alicyclic amines) is 1. The number of nitrogens with one attached hydrogen (secondary N) is 3. The molecule has 3 rings (SSSR count). The van der Waals surface area contributed by atoms with Gasteiger partial charge in [0.2, 0.25) is 11.8 Å². The van der Waals surface area contributed by atoms with Gasteiger partial charge in [-0.2, -0.15) is 0 Å². The number of unbranched alkanes of at least 4 members (excludes halogenated alkanes) is 1. The van der Waals surface area contributed by atoms with E-state index in [1.165, 1.54) is 0 Å². The Morgan fingerprint density at radius 3 is 2.38 bits per heavy atom. The van der Waals surface area contributed by atoms with Crippen molar-refractivity contribution in [2.45, 2.75) is 46.1 Å². The standard InChI is InChI=1S/C26H32N4O4/c1-4-5-14-30-16-19(15-23(30)31)25(33)28-20-12-10-18(11-13-20)24(32)29-22-9-7-6-8-21(22)26(34)27-17(2)3/h6-13,17,19H,4-5,14-16H2,1-3H3,(H,27,34)(H,28,33)(H,29,32)/t19-/m0/s1. The second-order valence-corrected chi connectivity index (χ2v) is 8.79. The van der Waals surface area contributed by atoms with E-state index in [0.717, 1.165) is 12.8 Å². The van der Waals surface area contributed by atoms with Gasteiger partial charge >= 0.3 is 0 Å². The molecule has 0 saturated carbocycles. The molecule has 4 amide bonds. The number of rotatable bonds is 9. The Morgan fingerprint density at radius 2 is 1.71 bits per heavy atom. The maximum Gasteiger partial charge on any atom is 0.255 e. The molecule has 180 valence electrons. The lowest BCUT2D eigenvalue weighted by Gasteiger charge is -2.16. The van der Waals surface area contributed by atoms with Crippen LogP contribution in [0.4, 0.5) is 11.4 Å². The van der Waals surface area contributed by atoms with Crippen LogP contribution in [0.5, 0.6) is 0 Å². The fourth-order valence-electron chi connectivity index (χ4n) is 3.79. The van der Waals surface area contributed by atoms with E-state index in [-0.39, 0.29) is 42.0 Å². The summed E-state index contributed by atoms with van der Waals surface area (Å²) in [6, 6.07) is 13.3. The third-order valence-electron chi connectivity index (χ3n) is 5.62. The van der Waals surface area contributed by atoms with Crippen LogP contribution in [0.2, 0.25) is 0 Å². The number of amides is 4. The number of carbonyl (C=O) groups is 4. The minimum atomic E-state index is -0.374. The first-order valence-electron chi connectivity index (χ1n) is 11.7. The van der Waals surface area contributed by atoms with E-state index in [0.29, 0.717) is 35.6 Å². The third-order valence-corrected chi connectivity index (χ3v) is 5.62. The molecule has 1 saturated heterocycles. The topological polar surface area (TPSA) is 108 Å². The van der Waals surface area contributed by atoms with Gasteiger partial charge in [-0.25, -0.2) is 0 Å². The van der Waals surface area contributed by atoms with Crippen molar-refractivity contribution in [2.24, 2.45) is 5.92 Å². The molecular formula is C26H32N4O4. The summed E-state index contributed by atoms with van der Waals surface area (Å²) in [6.07, 6.45) is 2.15. The summed E-state index contributed by atoms with van der Waals surface area (Å²) in [6.45, 7) is 6.93. The average molecular weight is 465 g/mol. The maximum atomic E-state index is 12.7. The van der Waals surface area contributed by atoms with Crippen LogP contribution in [-0.4, -0.2) is 47.7 Å². The van der Waals surface area contributed by atoms with E-state index < -0.39 is 0 Å². The smallest absolute Gasteiger partial charge is 0.255 e. The van der Waals surface area contributed by atoms with Gasteiger partial charge in [-0.1, -0.05) is 25.5 Å². The molecule has 0 spiro atoms. The van der Waals surface area contributed by atoms with Gasteiger partial charge in [0.25, 0.3) is 11.8 Å². The molecule has 0 aliphatic carbocycles. The summed E-state index contributed by atoms with van der Waals surface area (Å²) < 4.78 is 0. The Bertz CT molecular complexity index is 1050. The van der Waals surface area contributed by atoms with Crippen molar-refractivity contribution in [1.82, 2.24) is 10.2 Å². The molecule has 2 aromatic carbocycles. The normalized spacial score (nSPS) is 15.4. The highest BCUT2D eigenvalue weighted by atomic mass is 16.2. The Balaban J connectivity index is 1.60. The third kappa shape index (κ3) is 6.43. The molecule has 8 heteroatoms. The van der Waals surface area contributed by atoms with Gasteiger partial charge in [0.05, 0.1) is 17.2 Å². The predicted octanol–water partition coefficient (Wildman–Crippen LogP) is 3.66. The van der Waals surface area contributed by atoms with Gasteiger partial charge in [0, 0.05) is 36.8 Å². The number of nitrogens with zero attached hydrogens (tertiary/aromatic N) is 1. The zero-order chi connectivity index (χ0) is 24.7. The zero-order valence-electron chi connectivity index (χ0n) is 19.9. The molecular weight excluding hydrogens is 432 g/mol. The Morgan fingerprint density at radius 1 is 1.00 bits per heavy atom. The lowest BCUT2D eigenvalue weighted by molar-refractivity contribution is -0.128. The molecule has 1 aliphatic heterocycles. The molecule has 8 nitrogen and oxygen atoms in total. The first-order valence-corrected chi connectivity index (χ1v) is 11.7. The van der Waals surface area contributed by atoms with Crippen molar-refractivity contribution in [1.29, 1.82) is 0 Å². The highest BCUT2D eigenvalue weighted by molar-refractivity contribution is 6.09. The molecule has 1 heterocycles. The molecule has 0 aromatic heterocycles. The molecule has 3 N–H and O–H groups in total. The quantitative estimate of drug-likeness (QED) is 0.526. The number of carbonyl (C=O) groups excluding carboxylic acids is 4. The Labute approximate surface area is 200 Å². The second kappa shape index (κ2) is 11.4. The molecule has 2 aromatic rings. The van der Waals surface area contributed by atoms with E-state index in [4.69, 9.17) is 0 Å². The van der Waals surface area contributed by atoms with Gasteiger partial charge in [0.15, 0.2) is 0 Å². The van der Waals surface area contributed by atoms with Crippen LogP contribution in [0.1, 0.15) is 60.7 Å². The van der Waals surface area contributed by atoms with Gasteiger partial charge in [-0.05, 0) is 56.7 Å². The number of benzene rings is 2. The first-order chi connectivity index (χ1) is 16.3. The molecule has 0 unspecified atom stereocenters. The van der Waals surface area contributed by atoms with Gasteiger partial charge < -0.3 is 20.9 Å². The van der Waals surface area contributed by atoms with Crippen LogP contribution in [0, 0.1) is 5.92 Å². The number of hydrogen-bond acceptors (Lipinski definition) is 4. The van der Waals surface area contributed by atoms with E-state index >= 15 is 0 Å². The van der Waals surface area contributed by atoms with E-state index in [1.807, 2.05) is 13.8 Å². The SMILES string of the molecule is CCCCN1C[C@@H](C(=O)Nc2ccc(C(=O)Nc3ccccc3C(=O)NC(C)C)cc2)CC1=O. The lowest BCUT2D eigenvalue weighted by atomic mass is 10.1. The molecule has 34 heavy (non-hydrogen) atoms. The van der Waals surface area contributed by atoms with Crippen LogP contribution in [0.25, 0.3) is 0 Å². The molecule has 1 atom stereocenters. The summed E-state index contributed by atoms with van der Waals surface area (Å²) in [4.78, 5) is 51.6. The fraction of sp³-hybridized carbons (Fsp3) is 0.385. The molecule has 0 bridgehead atoms. The molecule has 0 radical (unpaired) electrons. The Hall–Kier alpha value is -3.68. The van der Waals surface area contributed by atoms with Crippen LogP contribution >= 0.6 is 0 Å². The number of anilines is 2. The lowest BCUT2D eigenvalue weighted by Crippen LogP contribution is -2.31. The van der Waals surface area contributed by atoms with Gasteiger partial charge in [-0.3, -0.25) is 19.2 Å². The molecule has 1 fully saturated rings. The van der Waals surface area contributed by atoms with E-state index in [9.17, 15) is 19.2 Å². The second-order valence-electron chi connectivity index (χ2n) is 8.79. The maximum absolute atomic E-state index is 12.7. The van der Waals surface area contributed by atoms with Crippen molar-refractivity contribution < 1.29 is 19.2 Å². The summed E-state index contributed by atoms with van der Waals surface area (Å²) >= 11 is 0. The van der Waals surface area contributed by atoms with Crippen molar-refractivity contribution in [2.75, 3.05) is 23.7 Å². The van der Waals surface area contributed by atoms with E-state index in [1.54, 1.807) is 53.4 Å². The number of hydrogen-bond donors (Lipinski definition) is 3. The van der Waals surface area contributed by atoms with Crippen LogP contribution in [0.15, 0.2) is 48.5 Å². The fourth-order valence-corrected chi connectivity index (χ4v) is 3.79. The Kier molecular flexibility index (Phi) is 8.40. The van der Waals surface area contributed by atoms with Gasteiger partial charge in [-0.15, -0.1) is 0 Å². The summed E-state index contributed by atoms with van der Waals surface area (Å²) in [5.41, 5.74) is 1.74. The predicted molar refractivity (Wildman–Crippen MR) is 132 cm³/mol. The average Bonchev–Trinajstić information content (AvgIpc) is 3.18.